The average Bonchev–Trinajstić information content (AvgIpc) is 2.70. The molecule has 0 radical (unpaired) electrons. The SMILES string of the molecule is COc1cccc2c(C)cc(=O)n(CC(=O)N3CCCc4ccccc43)c12. The van der Waals surface area contributed by atoms with Gasteiger partial charge in [-0.15, -0.1) is 0 Å². The Bertz CT molecular complexity index is 1080. The average molecular weight is 362 g/mol. The van der Waals surface area contributed by atoms with Crippen molar-refractivity contribution in [2.24, 2.45) is 0 Å². The van der Waals surface area contributed by atoms with E-state index in [0.29, 0.717) is 17.8 Å². The van der Waals surface area contributed by atoms with Crippen LogP contribution >= 0.6 is 0 Å². The fraction of sp³-hybridized carbons (Fsp3) is 0.273. The fourth-order valence-corrected chi connectivity index (χ4v) is 3.91. The van der Waals surface area contributed by atoms with Gasteiger partial charge < -0.3 is 9.64 Å². The summed E-state index contributed by atoms with van der Waals surface area (Å²) in [5.41, 5.74) is 3.48. The summed E-state index contributed by atoms with van der Waals surface area (Å²) in [6.45, 7) is 2.56. The van der Waals surface area contributed by atoms with E-state index >= 15 is 0 Å². The van der Waals surface area contributed by atoms with Gasteiger partial charge in [-0.1, -0.05) is 30.3 Å². The third kappa shape index (κ3) is 2.99. The van der Waals surface area contributed by atoms with Crippen LogP contribution in [0.3, 0.4) is 0 Å². The van der Waals surface area contributed by atoms with E-state index in [0.717, 1.165) is 29.5 Å². The molecule has 2 aromatic carbocycles. The summed E-state index contributed by atoms with van der Waals surface area (Å²) in [5, 5.41) is 0.917. The van der Waals surface area contributed by atoms with Crippen LogP contribution in [0.1, 0.15) is 17.5 Å². The molecule has 1 aliphatic rings. The van der Waals surface area contributed by atoms with Gasteiger partial charge in [-0.05, 0) is 43.0 Å². The Balaban J connectivity index is 1.79. The zero-order valence-electron chi connectivity index (χ0n) is 15.6. The molecule has 138 valence electrons. The van der Waals surface area contributed by atoms with Crippen LogP contribution in [0, 0.1) is 6.92 Å². The van der Waals surface area contributed by atoms with Crippen LogP contribution in [-0.2, 0) is 17.8 Å². The number of ether oxygens (including phenoxy) is 1. The van der Waals surface area contributed by atoms with Gasteiger partial charge in [0.2, 0.25) is 5.91 Å². The minimum absolute atomic E-state index is 0.00960. The van der Waals surface area contributed by atoms with Gasteiger partial charge in [0, 0.05) is 23.7 Å². The highest BCUT2D eigenvalue weighted by molar-refractivity contribution is 5.96. The van der Waals surface area contributed by atoms with E-state index in [2.05, 4.69) is 6.07 Å². The number of carbonyl (C=O) groups is 1. The summed E-state index contributed by atoms with van der Waals surface area (Å²) < 4.78 is 7.01. The van der Waals surface area contributed by atoms with Gasteiger partial charge in [0.05, 0.1) is 12.6 Å². The van der Waals surface area contributed by atoms with Crippen LogP contribution < -0.4 is 15.2 Å². The lowest BCUT2D eigenvalue weighted by Crippen LogP contribution is -2.39. The van der Waals surface area contributed by atoms with E-state index in [1.807, 2.05) is 43.3 Å². The number of nitrogens with zero attached hydrogens (tertiary/aromatic N) is 2. The molecule has 0 fully saturated rings. The molecule has 0 atom stereocenters. The zero-order valence-corrected chi connectivity index (χ0v) is 15.6. The van der Waals surface area contributed by atoms with Crippen molar-refractivity contribution in [3.63, 3.8) is 0 Å². The first-order chi connectivity index (χ1) is 13.1. The number of aromatic nitrogens is 1. The van der Waals surface area contributed by atoms with Crippen LogP contribution in [0.15, 0.2) is 53.3 Å². The number of fused-ring (bicyclic) bond motifs is 2. The molecule has 5 nitrogen and oxygen atoms in total. The molecule has 1 aromatic heterocycles. The number of anilines is 1. The number of aryl methyl sites for hydroxylation is 2. The standard InChI is InChI=1S/C22H22N2O3/c1-15-13-20(25)24(22-17(15)9-5-11-19(22)27-2)14-21(26)23-12-6-8-16-7-3-4-10-18(16)23/h3-5,7,9-11,13H,6,8,12,14H2,1-2H3. The first kappa shape index (κ1) is 17.3. The normalized spacial score (nSPS) is 13.5. The molecule has 0 spiro atoms. The summed E-state index contributed by atoms with van der Waals surface area (Å²) in [6, 6.07) is 15.2. The number of para-hydroxylation sites is 2. The third-order valence-electron chi connectivity index (χ3n) is 5.22. The van der Waals surface area contributed by atoms with E-state index < -0.39 is 0 Å². The molecule has 0 unspecified atom stereocenters. The molecule has 5 heteroatoms. The molecule has 4 rings (SSSR count). The fourth-order valence-electron chi connectivity index (χ4n) is 3.91. The van der Waals surface area contributed by atoms with Crippen LogP contribution in [-0.4, -0.2) is 24.1 Å². The molecule has 27 heavy (non-hydrogen) atoms. The summed E-state index contributed by atoms with van der Waals surface area (Å²) >= 11 is 0. The predicted molar refractivity (Wildman–Crippen MR) is 107 cm³/mol. The van der Waals surface area contributed by atoms with Crippen molar-refractivity contribution in [1.29, 1.82) is 0 Å². The Kier molecular flexibility index (Phi) is 4.44. The van der Waals surface area contributed by atoms with Gasteiger partial charge in [-0.3, -0.25) is 14.2 Å². The Labute approximate surface area is 157 Å². The van der Waals surface area contributed by atoms with Crippen molar-refractivity contribution < 1.29 is 9.53 Å². The number of hydrogen-bond donors (Lipinski definition) is 0. The molecule has 3 aromatic rings. The quantitative estimate of drug-likeness (QED) is 0.718. The van der Waals surface area contributed by atoms with Crippen molar-refractivity contribution in [2.45, 2.75) is 26.3 Å². The smallest absolute Gasteiger partial charge is 0.251 e. The van der Waals surface area contributed by atoms with E-state index in [9.17, 15) is 9.59 Å². The van der Waals surface area contributed by atoms with Crippen molar-refractivity contribution >= 4 is 22.5 Å². The summed E-state index contributed by atoms with van der Waals surface area (Å²) in [4.78, 5) is 27.7. The molecule has 0 aliphatic carbocycles. The number of benzene rings is 2. The Morgan fingerprint density at radius 1 is 1.15 bits per heavy atom. The van der Waals surface area contributed by atoms with E-state index in [4.69, 9.17) is 4.74 Å². The minimum Gasteiger partial charge on any atom is -0.495 e. The summed E-state index contributed by atoms with van der Waals surface area (Å²) in [7, 11) is 1.58. The maximum Gasteiger partial charge on any atom is 0.251 e. The van der Waals surface area contributed by atoms with Crippen molar-refractivity contribution in [3.05, 3.63) is 70.0 Å². The van der Waals surface area contributed by atoms with E-state index in [-0.39, 0.29) is 18.0 Å². The highest BCUT2D eigenvalue weighted by Crippen LogP contribution is 2.29. The summed E-state index contributed by atoms with van der Waals surface area (Å²) in [6.07, 6.45) is 1.90. The third-order valence-corrected chi connectivity index (χ3v) is 5.22. The minimum atomic E-state index is -0.192. The Morgan fingerprint density at radius 3 is 2.78 bits per heavy atom. The predicted octanol–water partition coefficient (Wildman–Crippen LogP) is 3.30. The molecule has 1 aliphatic heterocycles. The van der Waals surface area contributed by atoms with Gasteiger partial charge >= 0.3 is 0 Å². The zero-order chi connectivity index (χ0) is 19.0. The monoisotopic (exact) mass is 362 g/mol. The maximum atomic E-state index is 13.1. The molecular formula is C22H22N2O3. The lowest BCUT2D eigenvalue weighted by Gasteiger charge is -2.30. The van der Waals surface area contributed by atoms with Crippen LogP contribution in [0.2, 0.25) is 0 Å². The second-order valence-electron chi connectivity index (χ2n) is 6.89. The summed E-state index contributed by atoms with van der Waals surface area (Å²) in [5.74, 6) is 0.514. The van der Waals surface area contributed by atoms with Crippen LogP contribution in [0.4, 0.5) is 5.69 Å². The number of hydrogen-bond acceptors (Lipinski definition) is 3. The molecule has 0 N–H and O–H groups in total. The van der Waals surface area contributed by atoms with Crippen molar-refractivity contribution in [3.8, 4) is 5.75 Å². The molecule has 0 saturated heterocycles. The lowest BCUT2D eigenvalue weighted by atomic mass is 10.0. The van der Waals surface area contributed by atoms with Crippen LogP contribution in [0.25, 0.3) is 10.9 Å². The van der Waals surface area contributed by atoms with Crippen LogP contribution in [0.5, 0.6) is 5.75 Å². The first-order valence-electron chi connectivity index (χ1n) is 9.15. The van der Waals surface area contributed by atoms with Gasteiger partial charge in [-0.25, -0.2) is 0 Å². The molecule has 2 heterocycles. The molecular weight excluding hydrogens is 340 g/mol. The Hall–Kier alpha value is -3.08. The number of carbonyl (C=O) groups excluding carboxylic acids is 1. The highest BCUT2D eigenvalue weighted by Gasteiger charge is 2.23. The van der Waals surface area contributed by atoms with E-state index in [1.165, 1.54) is 10.1 Å². The van der Waals surface area contributed by atoms with Gasteiger partial charge in [0.25, 0.3) is 5.56 Å². The van der Waals surface area contributed by atoms with Crippen molar-refractivity contribution in [1.82, 2.24) is 4.57 Å². The van der Waals surface area contributed by atoms with E-state index in [1.54, 1.807) is 18.1 Å². The largest absolute Gasteiger partial charge is 0.495 e. The highest BCUT2D eigenvalue weighted by atomic mass is 16.5. The van der Waals surface area contributed by atoms with Gasteiger partial charge in [0.1, 0.15) is 12.3 Å². The van der Waals surface area contributed by atoms with Crippen molar-refractivity contribution in [2.75, 3.05) is 18.6 Å². The first-order valence-corrected chi connectivity index (χ1v) is 9.15. The second-order valence-corrected chi connectivity index (χ2v) is 6.89. The van der Waals surface area contributed by atoms with Gasteiger partial charge in [0.15, 0.2) is 0 Å². The molecule has 0 bridgehead atoms. The number of amides is 1. The number of rotatable bonds is 3. The topological polar surface area (TPSA) is 51.5 Å². The molecule has 0 saturated carbocycles. The Morgan fingerprint density at radius 2 is 1.96 bits per heavy atom. The second kappa shape index (κ2) is 6.91. The number of methoxy groups -OCH3 is 1. The number of pyridine rings is 1. The van der Waals surface area contributed by atoms with Gasteiger partial charge in [-0.2, -0.15) is 0 Å². The molecule has 1 amide bonds. The lowest BCUT2D eigenvalue weighted by molar-refractivity contribution is -0.119. The maximum absolute atomic E-state index is 13.1.